The number of hydrogen-bond acceptors (Lipinski definition) is 4. The number of likely N-dealkylation sites (tertiary alicyclic amines) is 3. The molecule has 32 heavy (non-hydrogen) atoms. The molecule has 0 radical (unpaired) electrons. The Morgan fingerprint density at radius 2 is 1.53 bits per heavy atom. The minimum atomic E-state index is 0.103. The van der Waals surface area contributed by atoms with Gasteiger partial charge >= 0.3 is 0 Å². The molecule has 6 nitrogen and oxygen atoms in total. The van der Waals surface area contributed by atoms with Gasteiger partial charge < -0.3 is 14.5 Å². The van der Waals surface area contributed by atoms with Crippen molar-refractivity contribution in [3.8, 4) is 5.75 Å². The number of amides is 2. The van der Waals surface area contributed by atoms with E-state index in [4.69, 9.17) is 4.74 Å². The van der Waals surface area contributed by atoms with Crippen molar-refractivity contribution in [3.63, 3.8) is 0 Å². The van der Waals surface area contributed by atoms with E-state index in [0.717, 1.165) is 83.5 Å². The van der Waals surface area contributed by atoms with Gasteiger partial charge in [-0.15, -0.1) is 0 Å². The van der Waals surface area contributed by atoms with E-state index in [2.05, 4.69) is 9.80 Å². The zero-order valence-corrected chi connectivity index (χ0v) is 19.4. The molecule has 3 heterocycles. The number of piperidine rings is 2. The molecular weight excluding hydrogens is 402 g/mol. The minimum absolute atomic E-state index is 0.103. The third-order valence-corrected chi connectivity index (χ3v) is 7.31. The molecule has 1 atom stereocenters. The van der Waals surface area contributed by atoms with Crippen LogP contribution in [-0.4, -0.2) is 78.9 Å². The third kappa shape index (κ3) is 6.47. The first-order chi connectivity index (χ1) is 15.7. The van der Waals surface area contributed by atoms with Crippen LogP contribution in [0.5, 0.6) is 5.75 Å². The van der Waals surface area contributed by atoms with Crippen LogP contribution >= 0.6 is 0 Å². The molecule has 3 aliphatic rings. The zero-order chi connectivity index (χ0) is 22.2. The highest BCUT2D eigenvalue weighted by atomic mass is 16.5. The van der Waals surface area contributed by atoms with Gasteiger partial charge in [0.1, 0.15) is 5.75 Å². The number of carbonyl (C=O) groups is 2. The standard InChI is InChI=1S/C26H39N3O3/c30-25(20-27-14-8-9-22(19-27)21-32-24-10-4-3-5-11-24)28-17-12-23(13-18-28)26(31)29-15-6-1-2-7-16-29/h3-5,10-11,22-23H,1-2,6-9,12-21H2. The van der Waals surface area contributed by atoms with Gasteiger partial charge in [-0.25, -0.2) is 0 Å². The highest BCUT2D eigenvalue weighted by Gasteiger charge is 2.31. The molecule has 1 aromatic rings. The van der Waals surface area contributed by atoms with Crippen LogP contribution in [0.15, 0.2) is 30.3 Å². The Morgan fingerprint density at radius 1 is 0.812 bits per heavy atom. The molecule has 0 aromatic heterocycles. The molecular formula is C26H39N3O3. The first-order valence-corrected chi connectivity index (χ1v) is 12.7. The fourth-order valence-electron chi connectivity index (χ4n) is 5.38. The first kappa shape index (κ1) is 23.1. The van der Waals surface area contributed by atoms with E-state index in [1.807, 2.05) is 35.2 Å². The smallest absolute Gasteiger partial charge is 0.236 e. The molecule has 0 bridgehead atoms. The fraction of sp³-hybridized carbons (Fsp3) is 0.692. The average molecular weight is 442 g/mol. The summed E-state index contributed by atoms with van der Waals surface area (Å²) in [6.45, 7) is 6.38. The van der Waals surface area contributed by atoms with Crippen molar-refractivity contribution in [3.05, 3.63) is 30.3 Å². The summed E-state index contributed by atoms with van der Waals surface area (Å²) in [4.78, 5) is 32.2. The Labute approximate surface area is 192 Å². The summed E-state index contributed by atoms with van der Waals surface area (Å²) in [7, 11) is 0. The van der Waals surface area contributed by atoms with Crippen molar-refractivity contribution in [2.45, 2.75) is 51.4 Å². The van der Waals surface area contributed by atoms with Crippen LogP contribution in [0.3, 0.4) is 0 Å². The third-order valence-electron chi connectivity index (χ3n) is 7.31. The number of benzene rings is 1. The molecule has 4 rings (SSSR count). The van der Waals surface area contributed by atoms with E-state index in [0.29, 0.717) is 25.0 Å². The molecule has 3 fully saturated rings. The van der Waals surface area contributed by atoms with Gasteiger partial charge in [0, 0.05) is 44.6 Å². The first-order valence-electron chi connectivity index (χ1n) is 12.7. The maximum Gasteiger partial charge on any atom is 0.236 e. The van der Waals surface area contributed by atoms with Crippen molar-refractivity contribution in [2.75, 3.05) is 52.4 Å². The second-order valence-corrected chi connectivity index (χ2v) is 9.76. The van der Waals surface area contributed by atoms with Crippen LogP contribution in [0.25, 0.3) is 0 Å². The fourth-order valence-corrected chi connectivity index (χ4v) is 5.38. The molecule has 3 aliphatic heterocycles. The SMILES string of the molecule is O=C(CN1CCCC(COc2ccccc2)C1)N1CCC(C(=O)N2CCCCCC2)CC1. The van der Waals surface area contributed by atoms with Crippen LogP contribution in [-0.2, 0) is 9.59 Å². The minimum Gasteiger partial charge on any atom is -0.493 e. The summed E-state index contributed by atoms with van der Waals surface area (Å²) in [5.74, 6) is 2.03. The van der Waals surface area contributed by atoms with Gasteiger partial charge in [-0.05, 0) is 57.2 Å². The van der Waals surface area contributed by atoms with Gasteiger partial charge in [-0.3, -0.25) is 14.5 Å². The largest absolute Gasteiger partial charge is 0.493 e. The van der Waals surface area contributed by atoms with Crippen LogP contribution in [0.4, 0.5) is 0 Å². The van der Waals surface area contributed by atoms with Crippen LogP contribution in [0.2, 0.25) is 0 Å². The molecule has 0 N–H and O–H groups in total. The molecule has 6 heteroatoms. The zero-order valence-electron chi connectivity index (χ0n) is 19.4. The monoisotopic (exact) mass is 441 g/mol. The molecule has 3 saturated heterocycles. The van der Waals surface area contributed by atoms with Crippen molar-refractivity contribution in [2.24, 2.45) is 11.8 Å². The van der Waals surface area contributed by atoms with Crippen LogP contribution in [0, 0.1) is 11.8 Å². The molecule has 0 aliphatic carbocycles. The number of nitrogens with zero attached hydrogens (tertiary/aromatic N) is 3. The van der Waals surface area contributed by atoms with Crippen molar-refractivity contribution >= 4 is 11.8 Å². The summed E-state index contributed by atoms with van der Waals surface area (Å²) in [5.41, 5.74) is 0. The van der Waals surface area contributed by atoms with Gasteiger partial charge in [0.2, 0.25) is 11.8 Å². The van der Waals surface area contributed by atoms with Crippen LogP contribution in [0.1, 0.15) is 51.4 Å². The van der Waals surface area contributed by atoms with Gasteiger partial charge in [-0.2, -0.15) is 0 Å². The molecule has 176 valence electrons. The number of carbonyl (C=O) groups excluding carboxylic acids is 2. The second kappa shape index (κ2) is 11.7. The van der Waals surface area contributed by atoms with E-state index in [1.165, 1.54) is 12.8 Å². The Balaban J connectivity index is 1.18. The lowest BCUT2D eigenvalue weighted by atomic mass is 9.95. The predicted octanol–water partition coefficient (Wildman–Crippen LogP) is 3.42. The second-order valence-electron chi connectivity index (χ2n) is 9.76. The molecule has 2 amide bonds. The van der Waals surface area contributed by atoms with E-state index in [1.54, 1.807) is 0 Å². The Hall–Kier alpha value is -2.08. The molecule has 0 spiro atoms. The summed E-state index contributed by atoms with van der Waals surface area (Å²) in [6, 6.07) is 9.96. The lowest BCUT2D eigenvalue weighted by molar-refractivity contribution is -0.141. The van der Waals surface area contributed by atoms with Gasteiger partial charge in [0.15, 0.2) is 0 Å². The van der Waals surface area contributed by atoms with Crippen molar-refractivity contribution in [1.82, 2.24) is 14.7 Å². The summed E-state index contributed by atoms with van der Waals surface area (Å²) in [6.07, 6.45) is 8.65. The van der Waals surface area contributed by atoms with Crippen molar-refractivity contribution in [1.29, 1.82) is 0 Å². The highest BCUT2D eigenvalue weighted by molar-refractivity contribution is 5.81. The van der Waals surface area contributed by atoms with Crippen molar-refractivity contribution < 1.29 is 14.3 Å². The van der Waals surface area contributed by atoms with Gasteiger partial charge in [0.05, 0.1) is 13.2 Å². The van der Waals surface area contributed by atoms with Gasteiger partial charge in [0.25, 0.3) is 0 Å². The number of rotatable bonds is 6. The lowest BCUT2D eigenvalue weighted by Gasteiger charge is -2.36. The Bertz CT molecular complexity index is 725. The highest BCUT2D eigenvalue weighted by Crippen LogP contribution is 2.23. The lowest BCUT2D eigenvalue weighted by Crippen LogP contribution is -2.49. The predicted molar refractivity (Wildman–Crippen MR) is 125 cm³/mol. The Kier molecular flexibility index (Phi) is 8.43. The topological polar surface area (TPSA) is 53.1 Å². The van der Waals surface area contributed by atoms with E-state index < -0.39 is 0 Å². The number of para-hydroxylation sites is 1. The summed E-state index contributed by atoms with van der Waals surface area (Å²) in [5, 5.41) is 0. The maximum absolute atomic E-state index is 12.9. The molecule has 1 unspecified atom stereocenters. The van der Waals surface area contributed by atoms with E-state index in [9.17, 15) is 9.59 Å². The number of hydrogen-bond donors (Lipinski definition) is 0. The average Bonchev–Trinajstić information content (AvgIpc) is 3.13. The van der Waals surface area contributed by atoms with Gasteiger partial charge in [-0.1, -0.05) is 31.0 Å². The summed E-state index contributed by atoms with van der Waals surface area (Å²) >= 11 is 0. The van der Waals surface area contributed by atoms with E-state index >= 15 is 0 Å². The molecule has 1 aromatic carbocycles. The number of ether oxygens (including phenoxy) is 1. The quantitative estimate of drug-likeness (QED) is 0.679. The van der Waals surface area contributed by atoms with E-state index in [-0.39, 0.29) is 11.8 Å². The summed E-state index contributed by atoms with van der Waals surface area (Å²) < 4.78 is 5.95. The normalized spacial score (nSPS) is 23.6. The maximum atomic E-state index is 12.9. The molecule has 0 saturated carbocycles. The van der Waals surface area contributed by atoms with Crippen LogP contribution < -0.4 is 4.74 Å². The Morgan fingerprint density at radius 3 is 2.25 bits per heavy atom.